The SMILES string of the molecule is CS(=O)(=O)c1ncc2c(n1)CCN(Cc1cc(F)c(F)cc1F)C2. The summed E-state index contributed by atoms with van der Waals surface area (Å²) in [5, 5.41) is -0.221. The third-order valence-electron chi connectivity index (χ3n) is 3.81. The summed E-state index contributed by atoms with van der Waals surface area (Å²) in [7, 11) is -3.48. The van der Waals surface area contributed by atoms with Gasteiger partial charge in [-0.05, 0) is 6.07 Å². The molecule has 0 aliphatic carbocycles. The Labute approximate surface area is 137 Å². The van der Waals surface area contributed by atoms with Crippen molar-refractivity contribution in [3.63, 3.8) is 0 Å². The summed E-state index contributed by atoms with van der Waals surface area (Å²) in [6.07, 6.45) is 2.94. The lowest BCUT2D eigenvalue weighted by Gasteiger charge is -2.28. The summed E-state index contributed by atoms with van der Waals surface area (Å²) in [5.41, 5.74) is 1.43. The fraction of sp³-hybridized carbons (Fsp3) is 0.333. The molecule has 0 atom stereocenters. The molecular formula is C15H14F3N3O2S. The molecule has 2 heterocycles. The number of hydrogen-bond donors (Lipinski definition) is 0. The first-order valence-corrected chi connectivity index (χ1v) is 9.04. The maximum Gasteiger partial charge on any atom is 0.246 e. The Morgan fingerprint density at radius 1 is 1.17 bits per heavy atom. The third-order valence-corrected chi connectivity index (χ3v) is 4.67. The van der Waals surface area contributed by atoms with Gasteiger partial charge in [0.15, 0.2) is 11.6 Å². The Morgan fingerprint density at radius 3 is 2.58 bits per heavy atom. The van der Waals surface area contributed by atoms with Gasteiger partial charge in [0.1, 0.15) is 5.82 Å². The van der Waals surface area contributed by atoms with Crippen molar-refractivity contribution in [1.82, 2.24) is 14.9 Å². The molecule has 0 bridgehead atoms. The van der Waals surface area contributed by atoms with E-state index in [4.69, 9.17) is 0 Å². The average molecular weight is 357 g/mol. The molecule has 1 aliphatic heterocycles. The molecule has 0 N–H and O–H groups in total. The Hall–Kier alpha value is -2.00. The van der Waals surface area contributed by atoms with Crippen LogP contribution in [-0.2, 0) is 29.3 Å². The summed E-state index contributed by atoms with van der Waals surface area (Å²) < 4.78 is 62.9. The van der Waals surface area contributed by atoms with Gasteiger partial charge in [-0.3, -0.25) is 4.90 Å². The van der Waals surface area contributed by atoms with Crippen molar-refractivity contribution >= 4 is 9.84 Å². The molecule has 3 rings (SSSR count). The van der Waals surface area contributed by atoms with E-state index in [0.717, 1.165) is 17.9 Å². The summed E-state index contributed by atoms with van der Waals surface area (Å²) in [6, 6.07) is 1.38. The van der Waals surface area contributed by atoms with Crippen molar-refractivity contribution in [2.45, 2.75) is 24.7 Å². The molecule has 0 radical (unpaired) electrons. The first-order chi connectivity index (χ1) is 11.2. The van der Waals surface area contributed by atoms with Crippen molar-refractivity contribution in [3.05, 3.63) is 52.6 Å². The zero-order chi connectivity index (χ0) is 17.5. The molecule has 0 amide bonds. The summed E-state index contributed by atoms with van der Waals surface area (Å²) >= 11 is 0. The zero-order valence-electron chi connectivity index (χ0n) is 12.8. The van der Waals surface area contributed by atoms with E-state index in [1.54, 1.807) is 0 Å². The molecule has 0 unspecified atom stereocenters. The zero-order valence-corrected chi connectivity index (χ0v) is 13.6. The Bertz CT molecular complexity index is 903. The molecule has 128 valence electrons. The second kappa shape index (κ2) is 6.14. The second-order valence-electron chi connectivity index (χ2n) is 5.72. The number of halogens is 3. The molecular weight excluding hydrogens is 343 g/mol. The minimum absolute atomic E-state index is 0.0611. The molecule has 2 aromatic rings. The van der Waals surface area contributed by atoms with Crippen LogP contribution in [0.2, 0.25) is 0 Å². The van der Waals surface area contributed by atoms with Crippen molar-refractivity contribution in [3.8, 4) is 0 Å². The van der Waals surface area contributed by atoms with Gasteiger partial charge in [0, 0.05) is 55.7 Å². The number of fused-ring (bicyclic) bond motifs is 1. The fourth-order valence-electron chi connectivity index (χ4n) is 2.60. The van der Waals surface area contributed by atoms with Gasteiger partial charge in [0.2, 0.25) is 15.0 Å². The molecule has 24 heavy (non-hydrogen) atoms. The van der Waals surface area contributed by atoms with Crippen LogP contribution in [0, 0.1) is 17.5 Å². The number of nitrogens with zero attached hydrogens (tertiary/aromatic N) is 3. The highest BCUT2D eigenvalue weighted by atomic mass is 32.2. The minimum atomic E-state index is -3.48. The van der Waals surface area contributed by atoms with Gasteiger partial charge in [-0.2, -0.15) is 0 Å². The summed E-state index contributed by atoms with van der Waals surface area (Å²) in [5.74, 6) is -3.12. The molecule has 0 spiro atoms. The molecule has 0 saturated heterocycles. The van der Waals surface area contributed by atoms with Gasteiger partial charge in [-0.15, -0.1) is 0 Å². The van der Waals surface area contributed by atoms with E-state index in [1.165, 1.54) is 6.20 Å². The van der Waals surface area contributed by atoms with Crippen LogP contribution in [0.3, 0.4) is 0 Å². The first-order valence-electron chi connectivity index (χ1n) is 7.14. The maximum atomic E-state index is 13.7. The highest BCUT2D eigenvalue weighted by molar-refractivity contribution is 7.90. The maximum absolute atomic E-state index is 13.7. The number of sulfone groups is 1. The van der Waals surface area contributed by atoms with Crippen LogP contribution in [-0.4, -0.2) is 36.1 Å². The highest BCUT2D eigenvalue weighted by Crippen LogP contribution is 2.21. The molecule has 1 aliphatic rings. The summed E-state index contributed by atoms with van der Waals surface area (Å²) in [6.45, 7) is 0.972. The van der Waals surface area contributed by atoms with Crippen LogP contribution >= 0.6 is 0 Å². The predicted molar refractivity (Wildman–Crippen MR) is 79.3 cm³/mol. The van der Waals surface area contributed by atoms with Gasteiger partial charge in [-0.1, -0.05) is 0 Å². The Balaban J connectivity index is 1.80. The lowest BCUT2D eigenvalue weighted by molar-refractivity contribution is 0.238. The predicted octanol–water partition coefficient (Wildman–Crippen LogP) is 1.86. The first kappa shape index (κ1) is 16.8. The molecule has 5 nitrogen and oxygen atoms in total. The number of benzene rings is 1. The minimum Gasteiger partial charge on any atom is -0.294 e. The van der Waals surface area contributed by atoms with Gasteiger partial charge in [0.25, 0.3) is 0 Å². The smallest absolute Gasteiger partial charge is 0.246 e. The van der Waals surface area contributed by atoms with Crippen molar-refractivity contribution in [2.75, 3.05) is 12.8 Å². The van der Waals surface area contributed by atoms with E-state index in [0.29, 0.717) is 31.3 Å². The lowest BCUT2D eigenvalue weighted by Crippen LogP contribution is -2.31. The van der Waals surface area contributed by atoms with Crippen LogP contribution in [0.15, 0.2) is 23.5 Å². The number of rotatable bonds is 3. The van der Waals surface area contributed by atoms with Crippen LogP contribution < -0.4 is 0 Å². The molecule has 1 aromatic carbocycles. The van der Waals surface area contributed by atoms with Crippen LogP contribution in [0.4, 0.5) is 13.2 Å². The van der Waals surface area contributed by atoms with Gasteiger partial charge < -0.3 is 0 Å². The van der Waals surface area contributed by atoms with Crippen molar-refractivity contribution < 1.29 is 21.6 Å². The Kier molecular flexibility index (Phi) is 4.31. The molecule has 9 heteroatoms. The van der Waals surface area contributed by atoms with E-state index >= 15 is 0 Å². The largest absolute Gasteiger partial charge is 0.294 e. The molecule has 0 saturated carbocycles. The van der Waals surface area contributed by atoms with Crippen molar-refractivity contribution in [2.24, 2.45) is 0 Å². The van der Waals surface area contributed by atoms with E-state index in [2.05, 4.69) is 9.97 Å². The quantitative estimate of drug-likeness (QED) is 0.620. The van der Waals surface area contributed by atoms with E-state index in [1.807, 2.05) is 4.90 Å². The monoisotopic (exact) mass is 357 g/mol. The van der Waals surface area contributed by atoms with Gasteiger partial charge in [0.05, 0.1) is 5.69 Å². The standard InChI is InChI=1S/C15H14F3N3O2S/c1-24(22,23)15-19-6-10-8-21(3-2-14(10)20-15)7-9-4-12(17)13(18)5-11(9)16/h4-6H,2-3,7-8H2,1H3. The third kappa shape index (κ3) is 3.41. The van der Waals surface area contributed by atoms with Crippen LogP contribution in [0.5, 0.6) is 0 Å². The van der Waals surface area contributed by atoms with Gasteiger partial charge >= 0.3 is 0 Å². The topological polar surface area (TPSA) is 63.2 Å². The molecule has 1 aromatic heterocycles. The summed E-state index contributed by atoms with van der Waals surface area (Å²) in [4.78, 5) is 9.73. The van der Waals surface area contributed by atoms with E-state index < -0.39 is 27.3 Å². The highest BCUT2D eigenvalue weighted by Gasteiger charge is 2.22. The van der Waals surface area contributed by atoms with Crippen LogP contribution in [0.25, 0.3) is 0 Å². The van der Waals surface area contributed by atoms with Crippen molar-refractivity contribution in [1.29, 1.82) is 0 Å². The number of aromatic nitrogens is 2. The van der Waals surface area contributed by atoms with E-state index in [-0.39, 0.29) is 17.3 Å². The fourth-order valence-corrected chi connectivity index (χ4v) is 3.12. The number of hydrogen-bond acceptors (Lipinski definition) is 5. The van der Waals surface area contributed by atoms with E-state index in [9.17, 15) is 21.6 Å². The van der Waals surface area contributed by atoms with Gasteiger partial charge in [-0.25, -0.2) is 31.6 Å². The second-order valence-corrected chi connectivity index (χ2v) is 7.62. The Morgan fingerprint density at radius 2 is 1.88 bits per heavy atom. The normalized spacial score (nSPS) is 15.3. The van der Waals surface area contributed by atoms with Crippen LogP contribution in [0.1, 0.15) is 16.8 Å². The lowest BCUT2D eigenvalue weighted by atomic mass is 10.1. The average Bonchev–Trinajstić information content (AvgIpc) is 2.51. The molecule has 0 fully saturated rings.